The van der Waals surface area contributed by atoms with Crippen molar-refractivity contribution in [1.82, 2.24) is 0 Å². The third-order valence-electron chi connectivity index (χ3n) is 0.755. The Labute approximate surface area is 67.8 Å². The number of rotatable bonds is 4. The molecule has 4 heteroatoms. The van der Waals surface area contributed by atoms with Crippen LogP contribution in [-0.4, -0.2) is 24.3 Å². The number of carbonyl (C=O) groups excluding carboxylic acids is 1. The Morgan fingerprint density at radius 1 is 1.67 bits per heavy atom. The molecule has 0 saturated carbocycles. The summed E-state index contributed by atoms with van der Waals surface area (Å²) in [7, 11) is 1.37. The summed E-state index contributed by atoms with van der Waals surface area (Å²) >= 11 is 2.07. The summed E-state index contributed by atoms with van der Waals surface area (Å²) in [4.78, 5) is 10.4. The standard InChI is InChI=1S/C5H9IO3/c1-8-5(7)2-3-9-4-6/h2-4H2,1H3. The first-order valence-electron chi connectivity index (χ1n) is 2.51. The highest BCUT2D eigenvalue weighted by Gasteiger charge is 1.97. The molecule has 0 spiro atoms. The molecule has 0 bridgehead atoms. The van der Waals surface area contributed by atoms with Crippen LogP contribution < -0.4 is 0 Å². The van der Waals surface area contributed by atoms with Crippen LogP contribution in [0, 0.1) is 0 Å². The van der Waals surface area contributed by atoms with Crippen molar-refractivity contribution in [3.63, 3.8) is 0 Å². The lowest BCUT2D eigenvalue weighted by molar-refractivity contribution is -0.141. The average Bonchev–Trinajstić information content (AvgIpc) is 1.89. The van der Waals surface area contributed by atoms with Crippen LogP contribution in [0.1, 0.15) is 6.42 Å². The van der Waals surface area contributed by atoms with Gasteiger partial charge in [0.2, 0.25) is 0 Å². The lowest BCUT2D eigenvalue weighted by atomic mass is 10.5. The Balaban J connectivity index is 2.97. The van der Waals surface area contributed by atoms with Gasteiger partial charge in [-0.15, -0.1) is 0 Å². The number of hydrogen-bond donors (Lipinski definition) is 0. The van der Waals surface area contributed by atoms with Crippen molar-refractivity contribution in [3.8, 4) is 0 Å². The maximum Gasteiger partial charge on any atom is 0.307 e. The van der Waals surface area contributed by atoms with Crippen LogP contribution in [0.15, 0.2) is 0 Å². The highest BCUT2D eigenvalue weighted by atomic mass is 127. The van der Waals surface area contributed by atoms with Crippen molar-refractivity contribution >= 4 is 28.6 Å². The van der Waals surface area contributed by atoms with E-state index in [1.165, 1.54) is 7.11 Å². The molecule has 0 aromatic rings. The quantitative estimate of drug-likeness (QED) is 0.320. The van der Waals surface area contributed by atoms with Crippen LogP contribution in [0.3, 0.4) is 0 Å². The van der Waals surface area contributed by atoms with Gasteiger partial charge < -0.3 is 9.47 Å². The van der Waals surface area contributed by atoms with Crippen molar-refractivity contribution in [1.29, 1.82) is 0 Å². The lowest BCUT2D eigenvalue weighted by Gasteiger charge is -1.97. The Morgan fingerprint density at radius 3 is 2.78 bits per heavy atom. The van der Waals surface area contributed by atoms with E-state index in [2.05, 4.69) is 27.3 Å². The van der Waals surface area contributed by atoms with E-state index in [9.17, 15) is 4.79 Å². The maximum atomic E-state index is 10.4. The van der Waals surface area contributed by atoms with Gasteiger partial charge in [-0.1, -0.05) is 22.6 Å². The molecular weight excluding hydrogens is 235 g/mol. The first-order valence-corrected chi connectivity index (χ1v) is 4.04. The minimum Gasteiger partial charge on any atom is -0.469 e. The van der Waals surface area contributed by atoms with Crippen LogP contribution in [0.4, 0.5) is 0 Å². The van der Waals surface area contributed by atoms with E-state index < -0.39 is 0 Å². The van der Waals surface area contributed by atoms with Gasteiger partial charge in [-0.05, 0) is 0 Å². The number of hydrogen-bond acceptors (Lipinski definition) is 3. The molecule has 0 amide bonds. The normalized spacial score (nSPS) is 9.11. The third kappa shape index (κ3) is 6.04. The van der Waals surface area contributed by atoms with E-state index in [1.54, 1.807) is 0 Å². The van der Waals surface area contributed by atoms with Gasteiger partial charge in [0.05, 0.1) is 24.8 Å². The van der Waals surface area contributed by atoms with E-state index >= 15 is 0 Å². The molecule has 0 rings (SSSR count). The van der Waals surface area contributed by atoms with Crippen molar-refractivity contribution < 1.29 is 14.3 Å². The predicted octanol–water partition coefficient (Wildman–Crippen LogP) is 0.959. The number of methoxy groups -OCH3 is 1. The van der Waals surface area contributed by atoms with Crippen LogP contribution in [0.2, 0.25) is 0 Å². The van der Waals surface area contributed by atoms with Gasteiger partial charge in [0.1, 0.15) is 0 Å². The van der Waals surface area contributed by atoms with Gasteiger partial charge in [0.15, 0.2) is 0 Å². The number of alkyl halides is 1. The summed E-state index contributed by atoms with van der Waals surface area (Å²) in [6.45, 7) is 0.454. The summed E-state index contributed by atoms with van der Waals surface area (Å²) in [6.07, 6.45) is 0.347. The van der Waals surface area contributed by atoms with Crippen LogP contribution in [0.5, 0.6) is 0 Å². The Hall–Kier alpha value is 0.160. The van der Waals surface area contributed by atoms with Crippen molar-refractivity contribution in [3.05, 3.63) is 0 Å². The fourth-order valence-electron chi connectivity index (χ4n) is 0.312. The molecule has 0 aliphatic carbocycles. The Morgan fingerprint density at radius 2 is 2.33 bits per heavy atom. The molecule has 0 N–H and O–H groups in total. The summed E-state index contributed by atoms with van der Waals surface area (Å²) < 4.78 is 9.89. The summed E-state index contributed by atoms with van der Waals surface area (Å²) in [5.41, 5.74) is 0. The first-order chi connectivity index (χ1) is 4.31. The number of halogens is 1. The van der Waals surface area contributed by atoms with Gasteiger partial charge in [0, 0.05) is 0 Å². The van der Waals surface area contributed by atoms with Gasteiger partial charge >= 0.3 is 5.97 Å². The van der Waals surface area contributed by atoms with Crippen molar-refractivity contribution in [2.45, 2.75) is 6.42 Å². The van der Waals surface area contributed by atoms with Crippen LogP contribution in [0.25, 0.3) is 0 Å². The first kappa shape index (κ1) is 9.16. The van der Waals surface area contributed by atoms with E-state index in [0.29, 0.717) is 17.6 Å². The van der Waals surface area contributed by atoms with E-state index in [4.69, 9.17) is 4.74 Å². The zero-order chi connectivity index (χ0) is 7.11. The third-order valence-corrected chi connectivity index (χ3v) is 1.20. The highest BCUT2D eigenvalue weighted by molar-refractivity contribution is 14.1. The Kier molecular flexibility index (Phi) is 6.39. The molecule has 0 aliphatic rings. The average molecular weight is 244 g/mol. The molecule has 0 aromatic heterocycles. The zero-order valence-electron chi connectivity index (χ0n) is 5.22. The largest absolute Gasteiger partial charge is 0.469 e. The molecule has 9 heavy (non-hydrogen) atoms. The number of ether oxygens (including phenoxy) is 2. The smallest absolute Gasteiger partial charge is 0.307 e. The van der Waals surface area contributed by atoms with Gasteiger partial charge in [-0.3, -0.25) is 4.79 Å². The SMILES string of the molecule is COC(=O)CCOCI. The second-order valence-corrected chi connectivity index (χ2v) is 1.97. The molecule has 0 heterocycles. The fraction of sp³-hybridized carbons (Fsp3) is 0.800. The summed E-state index contributed by atoms with van der Waals surface area (Å²) in [5.74, 6) is -0.222. The number of esters is 1. The molecule has 54 valence electrons. The monoisotopic (exact) mass is 244 g/mol. The molecule has 0 radical (unpaired) electrons. The molecule has 0 saturated heterocycles. The van der Waals surface area contributed by atoms with Gasteiger partial charge in [-0.2, -0.15) is 0 Å². The second kappa shape index (κ2) is 6.28. The predicted molar refractivity (Wildman–Crippen MR) is 41.5 cm³/mol. The van der Waals surface area contributed by atoms with E-state index in [-0.39, 0.29) is 5.97 Å². The summed E-state index contributed by atoms with van der Waals surface area (Å²) in [6, 6.07) is 0. The minimum atomic E-state index is -0.222. The fourth-order valence-corrected chi connectivity index (χ4v) is 0.624. The zero-order valence-corrected chi connectivity index (χ0v) is 7.38. The molecule has 0 unspecified atom stereocenters. The molecule has 0 atom stereocenters. The van der Waals surface area contributed by atoms with E-state index in [0.717, 1.165) is 0 Å². The van der Waals surface area contributed by atoms with Gasteiger partial charge in [-0.25, -0.2) is 0 Å². The number of carbonyl (C=O) groups is 1. The lowest BCUT2D eigenvalue weighted by Crippen LogP contribution is -2.04. The highest BCUT2D eigenvalue weighted by Crippen LogP contribution is 1.88. The topological polar surface area (TPSA) is 35.5 Å². The molecular formula is C5H9IO3. The molecule has 0 aromatic carbocycles. The van der Waals surface area contributed by atoms with Gasteiger partial charge in [0.25, 0.3) is 0 Å². The van der Waals surface area contributed by atoms with Crippen LogP contribution in [-0.2, 0) is 14.3 Å². The van der Waals surface area contributed by atoms with Crippen molar-refractivity contribution in [2.24, 2.45) is 0 Å². The van der Waals surface area contributed by atoms with Crippen molar-refractivity contribution in [2.75, 3.05) is 18.3 Å². The Bertz CT molecular complexity index is 84.3. The van der Waals surface area contributed by atoms with Crippen LogP contribution >= 0.6 is 22.6 Å². The molecule has 0 aliphatic heterocycles. The van der Waals surface area contributed by atoms with E-state index in [1.807, 2.05) is 0 Å². The molecule has 0 fully saturated rings. The maximum absolute atomic E-state index is 10.4. The summed E-state index contributed by atoms with van der Waals surface area (Å²) in [5, 5.41) is 0. The molecule has 3 nitrogen and oxygen atoms in total. The second-order valence-electron chi connectivity index (χ2n) is 1.34. The minimum absolute atomic E-state index is 0.222.